The van der Waals surface area contributed by atoms with Crippen molar-refractivity contribution in [3.8, 4) is 0 Å². The number of nitrogens with one attached hydrogen (secondary N) is 1. The molecule has 0 aliphatic carbocycles. The first-order valence-corrected chi connectivity index (χ1v) is 10.5. The van der Waals surface area contributed by atoms with E-state index < -0.39 is 10.0 Å². The molecule has 3 heterocycles. The molecule has 0 radical (unpaired) electrons. The van der Waals surface area contributed by atoms with E-state index >= 15 is 0 Å². The van der Waals surface area contributed by atoms with Crippen LogP contribution in [0.4, 0.5) is 0 Å². The van der Waals surface area contributed by atoms with Gasteiger partial charge in [-0.15, -0.1) is 11.3 Å². The number of carbonyl (C=O) groups is 1. The molecule has 1 aliphatic rings. The molecule has 1 fully saturated rings. The molecule has 25 heavy (non-hydrogen) atoms. The fourth-order valence-corrected chi connectivity index (χ4v) is 5.22. The molecular weight excluding hydrogens is 360 g/mol. The molecule has 1 saturated heterocycles. The van der Waals surface area contributed by atoms with Crippen LogP contribution in [0.5, 0.6) is 0 Å². The van der Waals surface area contributed by atoms with Gasteiger partial charge in [0.1, 0.15) is 10.6 Å². The minimum atomic E-state index is -3.54. The molecule has 0 atom stereocenters. The Morgan fingerprint density at radius 2 is 2.04 bits per heavy atom. The highest BCUT2D eigenvalue weighted by atomic mass is 32.2. The average molecular weight is 383 g/mol. The molecule has 2 aromatic heterocycles. The van der Waals surface area contributed by atoms with Crippen LogP contribution in [-0.2, 0) is 23.6 Å². The molecule has 0 saturated carbocycles. The van der Waals surface area contributed by atoms with E-state index in [4.69, 9.17) is 0 Å². The molecule has 9 heteroatoms. The fraction of sp³-hybridized carbons (Fsp3) is 0.500. The maximum atomic E-state index is 12.7. The summed E-state index contributed by atoms with van der Waals surface area (Å²) in [5, 5.41) is 3.76. The van der Waals surface area contributed by atoms with Crippen molar-refractivity contribution in [2.45, 2.75) is 37.6 Å². The highest BCUT2D eigenvalue weighted by molar-refractivity contribution is 7.89. The third-order valence-electron chi connectivity index (χ3n) is 4.26. The zero-order chi connectivity index (χ0) is 18.0. The maximum Gasteiger partial charge on any atom is 0.268 e. The van der Waals surface area contributed by atoms with Crippen LogP contribution in [0, 0.1) is 6.92 Å². The summed E-state index contributed by atoms with van der Waals surface area (Å²) in [6.07, 6.45) is 6.07. The minimum absolute atomic E-state index is 0.177. The molecule has 136 valence electrons. The minimum Gasteiger partial charge on any atom is -0.346 e. The largest absolute Gasteiger partial charge is 0.346 e. The number of nitrogens with zero attached hydrogens (tertiary/aromatic N) is 3. The molecule has 1 N–H and O–H groups in total. The van der Waals surface area contributed by atoms with E-state index in [2.05, 4.69) is 10.3 Å². The first kappa shape index (κ1) is 18.1. The number of hydrogen-bond donors (Lipinski definition) is 1. The van der Waals surface area contributed by atoms with Crippen LogP contribution in [0.15, 0.2) is 23.4 Å². The molecule has 3 rings (SSSR count). The van der Waals surface area contributed by atoms with E-state index in [9.17, 15) is 13.2 Å². The topological polar surface area (TPSA) is 84.3 Å². The lowest BCUT2D eigenvalue weighted by molar-refractivity contribution is 0.0943. The Kier molecular flexibility index (Phi) is 5.26. The molecule has 1 aliphatic heterocycles. The Morgan fingerprint density at radius 3 is 2.68 bits per heavy atom. The predicted molar refractivity (Wildman–Crippen MR) is 96.0 cm³/mol. The summed E-state index contributed by atoms with van der Waals surface area (Å²) in [6, 6.07) is 1.46. The molecule has 0 aromatic carbocycles. The Morgan fingerprint density at radius 1 is 1.32 bits per heavy atom. The Labute approximate surface area is 151 Å². The van der Waals surface area contributed by atoms with E-state index in [0.717, 1.165) is 29.1 Å². The van der Waals surface area contributed by atoms with Gasteiger partial charge in [-0.25, -0.2) is 13.4 Å². The number of sulfonamides is 1. The Bertz CT molecular complexity index is 864. The van der Waals surface area contributed by atoms with Crippen LogP contribution in [0.3, 0.4) is 0 Å². The summed E-state index contributed by atoms with van der Waals surface area (Å²) in [6.45, 7) is 3.38. The van der Waals surface area contributed by atoms with Gasteiger partial charge < -0.3 is 9.88 Å². The normalized spacial score (nSPS) is 16.1. The van der Waals surface area contributed by atoms with Gasteiger partial charge in [0, 0.05) is 37.4 Å². The highest BCUT2D eigenvalue weighted by Crippen LogP contribution is 2.22. The lowest BCUT2D eigenvalue weighted by atomic mass is 10.2. The van der Waals surface area contributed by atoms with Crippen LogP contribution < -0.4 is 5.32 Å². The summed E-state index contributed by atoms with van der Waals surface area (Å²) in [7, 11) is -1.85. The first-order valence-electron chi connectivity index (χ1n) is 8.24. The lowest BCUT2D eigenvalue weighted by Crippen LogP contribution is -2.35. The monoisotopic (exact) mass is 382 g/mol. The number of aryl methyl sites for hydroxylation is 2. The smallest absolute Gasteiger partial charge is 0.268 e. The quantitative estimate of drug-likeness (QED) is 0.856. The number of amides is 1. The highest BCUT2D eigenvalue weighted by Gasteiger charge is 2.28. The van der Waals surface area contributed by atoms with Crippen LogP contribution in [0.1, 0.15) is 39.6 Å². The van der Waals surface area contributed by atoms with Crippen molar-refractivity contribution >= 4 is 27.3 Å². The summed E-state index contributed by atoms with van der Waals surface area (Å²) < 4.78 is 28.5. The third-order valence-corrected chi connectivity index (χ3v) is 7.03. The number of piperidine rings is 1. The van der Waals surface area contributed by atoms with Crippen molar-refractivity contribution in [3.63, 3.8) is 0 Å². The SMILES string of the molecule is Cc1ncc(CNC(=O)c2cc(S(=O)(=O)N3CCCCC3)cn2C)s1. The predicted octanol–water partition coefficient (Wildman–Crippen LogP) is 1.89. The molecule has 0 bridgehead atoms. The van der Waals surface area contributed by atoms with E-state index in [1.807, 2.05) is 6.92 Å². The van der Waals surface area contributed by atoms with E-state index in [-0.39, 0.29) is 10.8 Å². The number of thiazole rings is 1. The van der Waals surface area contributed by atoms with Gasteiger partial charge in [0.2, 0.25) is 10.0 Å². The summed E-state index contributed by atoms with van der Waals surface area (Å²) in [4.78, 5) is 17.7. The summed E-state index contributed by atoms with van der Waals surface area (Å²) >= 11 is 1.52. The van der Waals surface area contributed by atoms with Crippen LogP contribution >= 0.6 is 11.3 Å². The second-order valence-electron chi connectivity index (χ2n) is 6.16. The van der Waals surface area contributed by atoms with E-state index in [1.54, 1.807) is 17.8 Å². The van der Waals surface area contributed by atoms with Crippen molar-refractivity contribution in [1.82, 2.24) is 19.2 Å². The van der Waals surface area contributed by atoms with Crippen LogP contribution in [0.2, 0.25) is 0 Å². The summed E-state index contributed by atoms with van der Waals surface area (Å²) in [5.41, 5.74) is 0.330. The number of hydrogen-bond acceptors (Lipinski definition) is 5. The van der Waals surface area contributed by atoms with Gasteiger partial charge in [0.05, 0.1) is 11.6 Å². The van der Waals surface area contributed by atoms with Gasteiger partial charge in [-0.2, -0.15) is 4.31 Å². The molecular formula is C16H22N4O3S2. The molecule has 0 spiro atoms. The van der Waals surface area contributed by atoms with Crippen molar-refractivity contribution in [2.24, 2.45) is 7.05 Å². The second-order valence-corrected chi connectivity index (χ2v) is 9.42. The molecule has 2 aromatic rings. The molecule has 7 nitrogen and oxygen atoms in total. The van der Waals surface area contributed by atoms with Crippen molar-refractivity contribution in [2.75, 3.05) is 13.1 Å². The van der Waals surface area contributed by atoms with Crippen molar-refractivity contribution in [1.29, 1.82) is 0 Å². The zero-order valence-electron chi connectivity index (χ0n) is 14.4. The van der Waals surface area contributed by atoms with Gasteiger partial charge in [-0.05, 0) is 25.8 Å². The standard InChI is InChI=1S/C16H22N4O3S2/c1-12-17-9-13(24-12)10-18-16(21)15-8-14(11-19(15)2)25(22,23)20-6-4-3-5-7-20/h8-9,11H,3-7,10H2,1-2H3,(H,18,21). The van der Waals surface area contributed by atoms with Crippen molar-refractivity contribution in [3.05, 3.63) is 34.0 Å². The van der Waals surface area contributed by atoms with E-state index in [0.29, 0.717) is 25.3 Å². The zero-order valence-corrected chi connectivity index (χ0v) is 16.0. The maximum absolute atomic E-state index is 12.7. The van der Waals surface area contributed by atoms with Gasteiger partial charge in [0.25, 0.3) is 5.91 Å². The first-order chi connectivity index (χ1) is 11.9. The van der Waals surface area contributed by atoms with Gasteiger partial charge in [-0.1, -0.05) is 6.42 Å². The van der Waals surface area contributed by atoms with Gasteiger partial charge >= 0.3 is 0 Å². The molecule has 1 amide bonds. The number of aromatic nitrogens is 2. The van der Waals surface area contributed by atoms with Gasteiger partial charge in [0.15, 0.2) is 0 Å². The fourth-order valence-electron chi connectivity index (χ4n) is 2.90. The van der Waals surface area contributed by atoms with Crippen LogP contribution in [-0.4, -0.2) is 41.3 Å². The lowest BCUT2D eigenvalue weighted by Gasteiger charge is -2.25. The Balaban J connectivity index is 1.73. The Hall–Kier alpha value is -1.71. The van der Waals surface area contributed by atoms with Gasteiger partial charge in [-0.3, -0.25) is 4.79 Å². The number of rotatable bonds is 5. The average Bonchev–Trinajstić information content (AvgIpc) is 3.19. The molecule has 0 unspecified atom stereocenters. The summed E-state index contributed by atoms with van der Waals surface area (Å²) in [5.74, 6) is -0.298. The van der Waals surface area contributed by atoms with E-state index in [1.165, 1.54) is 27.9 Å². The van der Waals surface area contributed by atoms with Crippen molar-refractivity contribution < 1.29 is 13.2 Å². The van der Waals surface area contributed by atoms with Crippen LogP contribution in [0.25, 0.3) is 0 Å². The third kappa shape index (κ3) is 3.94. The second kappa shape index (κ2) is 7.27. The number of carbonyl (C=O) groups excluding carboxylic acids is 1.